The van der Waals surface area contributed by atoms with Crippen LogP contribution >= 0.6 is 0 Å². The van der Waals surface area contributed by atoms with E-state index in [2.05, 4.69) is 15.0 Å². The molecular weight excluding hydrogens is 394 g/mol. The lowest BCUT2D eigenvalue weighted by molar-refractivity contribution is 0.184. The Bertz CT molecular complexity index is 1330. The Morgan fingerprint density at radius 2 is 2.00 bits per heavy atom. The molecule has 9 heteroatoms. The lowest BCUT2D eigenvalue weighted by Gasteiger charge is -2.28. The Morgan fingerprint density at radius 1 is 1.16 bits per heavy atom. The smallest absolute Gasteiger partial charge is 0.261 e. The molecule has 3 aromatic heterocycles. The maximum Gasteiger partial charge on any atom is 0.261 e. The molecule has 1 fully saturated rings. The number of para-hydroxylation sites is 1. The minimum absolute atomic E-state index is 0.0325. The first-order valence-corrected chi connectivity index (χ1v) is 10.5. The largest absolute Gasteiger partial charge is 0.383 e. The van der Waals surface area contributed by atoms with Crippen LogP contribution in [0, 0.1) is 6.92 Å². The third-order valence-electron chi connectivity index (χ3n) is 5.92. The van der Waals surface area contributed by atoms with Crippen molar-refractivity contribution in [2.24, 2.45) is 7.05 Å². The van der Waals surface area contributed by atoms with E-state index in [4.69, 9.17) is 14.7 Å². The van der Waals surface area contributed by atoms with Crippen LogP contribution in [0.2, 0.25) is 0 Å². The zero-order valence-electron chi connectivity index (χ0n) is 17.9. The number of fused-ring (bicyclic) bond motifs is 2. The van der Waals surface area contributed by atoms with Crippen LogP contribution in [0.1, 0.15) is 30.5 Å². The van der Waals surface area contributed by atoms with Gasteiger partial charge in [0.15, 0.2) is 5.65 Å². The first kappa shape index (κ1) is 19.6. The highest BCUT2D eigenvalue weighted by molar-refractivity contribution is 5.87. The Hall–Kier alpha value is -3.33. The van der Waals surface area contributed by atoms with Crippen LogP contribution in [0.5, 0.6) is 0 Å². The van der Waals surface area contributed by atoms with Crippen LogP contribution in [0.25, 0.3) is 21.9 Å². The van der Waals surface area contributed by atoms with Gasteiger partial charge in [-0.3, -0.25) is 14.0 Å². The number of hydrogen-bond acceptors (Lipinski definition) is 7. The van der Waals surface area contributed by atoms with E-state index >= 15 is 0 Å². The molecule has 0 N–H and O–H groups in total. The molecule has 160 valence electrons. The normalized spacial score (nSPS) is 16.6. The molecular formula is C22H25N7O2. The summed E-state index contributed by atoms with van der Waals surface area (Å²) in [5.74, 6) is 2.30. The number of methoxy groups -OCH3 is 1. The van der Waals surface area contributed by atoms with Crippen LogP contribution in [0.4, 0.5) is 5.82 Å². The van der Waals surface area contributed by atoms with Crippen molar-refractivity contribution in [3.8, 4) is 0 Å². The van der Waals surface area contributed by atoms with E-state index in [-0.39, 0.29) is 11.6 Å². The van der Waals surface area contributed by atoms with Crippen molar-refractivity contribution in [3.63, 3.8) is 0 Å². The van der Waals surface area contributed by atoms with Crippen molar-refractivity contribution in [3.05, 3.63) is 52.5 Å². The fourth-order valence-electron chi connectivity index (χ4n) is 4.46. The quantitative estimate of drug-likeness (QED) is 0.490. The molecule has 0 bridgehead atoms. The molecule has 1 aliphatic heterocycles. The summed E-state index contributed by atoms with van der Waals surface area (Å²) in [5, 5.41) is 5.91. The average Bonchev–Trinajstić information content (AvgIpc) is 3.40. The summed E-state index contributed by atoms with van der Waals surface area (Å²) in [4.78, 5) is 29.9. The number of nitrogens with zero attached hydrogens (tertiary/aromatic N) is 7. The van der Waals surface area contributed by atoms with Gasteiger partial charge in [0, 0.05) is 20.7 Å². The predicted octanol–water partition coefficient (Wildman–Crippen LogP) is 2.37. The van der Waals surface area contributed by atoms with E-state index in [0.29, 0.717) is 29.9 Å². The average molecular weight is 419 g/mol. The molecule has 4 aromatic rings. The zero-order chi connectivity index (χ0) is 21.5. The highest BCUT2D eigenvalue weighted by atomic mass is 16.5. The van der Waals surface area contributed by atoms with Gasteiger partial charge in [-0.2, -0.15) is 5.10 Å². The molecule has 0 saturated carbocycles. The second-order valence-corrected chi connectivity index (χ2v) is 7.89. The number of hydrogen-bond donors (Lipinski definition) is 0. The molecule has 4 heterocycles. The van der Waals surface area contributed by atoms with Gasteiger partial charge in [-0.05, 0) is 31.9 Å². The van der Waals surface area contributed by atoms with Crippen molar-refractivity contribution in [2.75, 3.05) is 25.2 Å². The summed E-state index contributed by atoms with van der Waals surface area (Å²) in [5.41, 5.74) is 1.49. The first-order valence-electron chi connectivity index (χ1n) is 10.5. The van der Waals surface area contributed by atoms with E-state index < -0.39 is 0 Å². The number of ether oxygens (including phenoxy) is 1. The highest BCUT2D eigenvalue weighted by Gasteiger charge is 2.33. The van der Waals surface area contributed by atoms with Crippen molar-refractivity contribution in [1.29, 1.82) is 0 Å². The van der Waals surface area contributed by atoms with E-state index in [1.807, 2.05) is 44.4 Å². The third kappa shape index (κ3) is 3.25. The Labute approximate surface area is 179 Å². The first-order chi connectivity index (χ1) is 15.1. The standard InChI is InChI=1S/C22H25N7O2/c1-14-24-19-16(13-23-27(19)2)20(25-14)28-10-6-9-18(28)21-26-17-8-5-4-7-15(17)22(30)29(21)11-12-31-3/h4-5,7-8,13,18H,6,9-12H2,1-3H3. The Balaban J connectivity index is 1.69. The molecule has 1 unspecified atom stereocenters. The monoisotopic (exact) mass is 419 g/mol. The maximum atomic E-state index is 13.3. The third-order valence-corrected chi connectivity index (χ3v) is 5.92. The molecule has 1 aromatic carbocycles. The Morgan fingerprint density at radius 3 is 2.84 bits per heavy atom. The van der Waals surface area contributed by atoms with Gasteiger partial charge < -0.3 is 9.64 Å². The number of rotatable bonds is 5. The van der Waals surface area contributed by atoms with E-state index in [1.54, 1.807) is 16.4 Å². The lowest BCUT2D eigenvalue weighted by atomic mass is 10.1. The minimum atomic E-state index is -0.0631. The number of aryl methyl sites for hydroxylation is 2. The lowest BCUT2D eigenvalue weighted by Crippen LogP contribution is -2.33. The van der Waals surface area contributed by atoms with E-state index in [9.17, 15) is 4.79 Å². The predicted molar refractivity (Wildman–Crippen MR) is 118 cm³/mol. The van der Waals surface area contributed by atoms with Crippen LogP contribution in [0.3, 0.4) is 0 Å². The van der Waals surface area contributed by atoms with Gasteiger partial charge in [-0.15, -0.1) is 0 Å². The van der Waals surface area contributed by atoms with Gasteiger partial charge in [0.25, 0.3) is 5.56 Å². The summed E-state index contributed by atoms with van der Waals surface area (Å²) < 4.78 is 8.82. The van der Waals surface area contributed by atoms with Crippen LogP contribution in [-0.2, 0) is 18.3 Å². The van der Waals surface area contributed by atoms with Crippen molar-refractivity contribution >= 4 is 27.8 Å². The summed E-state index contributed by atoms with van der Waals surface area (Å²) in [7, 11) is 3.52. The van der Waals surface area contributed by atoms with Crippen LogP contribution in [-0.4, -0.2) is 49.6 Å². The van der Waals surface area contributed by atoms with Gasteiger partial charge in [0.1, 0.15) is 17.5 Å². The van der Waals surface area contributed by atoms with Crippen molar-refractivity contribution < 1.29 is 4.74 Å². The number of anilines is 1. The number of aromatic nitrogens is 6. The molecule has 0 amide bonds. The molecule has 5 rings (SSSR count). The molecule has 0 radical (unpaired) electrons. The molecule has 31 heavy (non-hydrogen) atoms. The van der Waals surface area contributed by atoms with Gasteiger partial charge in [0.2, 0.25) is 0 Å². The fourth-order valence-corrected chi connectivity index (χ4v) is 4.46. The molecule has 0 aliphatic carbocycles. The van der Waals surface area contributed by atoms with Crippen LogP contribution in [0.15, 0.2) is 35.3 Å². The van der Waals surface area contributed by atoms with Gasteiger partial charge >= 0.3 is 0 Å². The van der Waals surface area contributed by atoms with Gasteiger partial charge in [-0.1, -0.05) is 12.1 Å². The summed E-state index contributed by atoms with van der Waals surface area (Å²) in [6, 6.07) is 7.45. The van der Waals surface area contributed by atoms with Gasteiger partial charge in [0.05, 0.1) is 41.7 Å². The van der Waals surface area contributed by atoms with E-state index in [0.717, 1.165) is 42.1 Å². The maximum absolute atomic E-state index is 13.3. The second-order valence-electron chi connectivity index (χ2n) is 7.89. The molecule has 1 aliphatic rings. The molecule has 0 spiro atoms. The van der Waals surface area contributed by atoms with Crippen molar-refractivity contribution in [1.82, 2.24) is 29.3 Å². The fraction of sp³-hybridized carbons (Fsp3) is 0.409. The minimum Gasteiger partial charge on any atom is -0.383 e. The summed E-state index contributed by atoms with van der Waals surface area (Å²) in [6.07, 6.45) is 3.69. The summed E-state index contributed by atoms with van der Waals surface area (Å²) in [6.45, 7) is 3.62. The summed E-state index contributed by atoms with van der Waals surface area (Å²) >= 11 is 0. The number of benzene rings is 1. The topological polar surface area (TPSA) is 91.0 Å². The van der Waals surface area contributed by atoms with E-state index in [1.165, 1.54) is 0 Å². The second kappa shape index (κ2) is 7.73. The molecule has 1 saturated heterocycles. The molecule has 9 nitrogen and oxygen atoms in total. The zero-order valence-corrected chi connectivity index (χ0v) is 17.9. The molecule has 1 atom stereocenters. The van der Waals surface area contributed by atoms with Crippen LogP contribution < -0.4 is 10.5 Å². The SMILES string of the molecule is COCCn1c(C2CCCN2c2nc(C)nc3c2cnn3C)nc2ccccc2c1=O. The van der Waals surface area contributed by atoms with Crippen molar-refractivity contribution in [2.45, 2.75) is 32.4 Å². The van der Waals surface area contributed by atoms with Gasteiger partial charge in [-0.25, -0.2) is 15.0 Å². The Kier molecular flexibility index (Phi) is 4.90. The highest BCUT2D eigenvalue weighted by Crippen LogP contribution is 2.37.